The van der Waals surface area contributed by atoms with E-state index >= 15 is 0 Å². The summed E-state index contributed by atoms with van der Waals surface area (Å²) in [5.74, 6) is -1.05. The van der Waals surface area contributed by atoms with Gasteiger partial charge >= 0.3 is 11.7 Å². The number of fused-ring (bicyclic) bond motifs is 1. The molecule has 0 aromatic carbocycles. The van der Waals surface area contributed by atoms with E-state index in [4.69, 9.17) is 5.11 Å². The van der Waals surface area contributed by atoms with Crippen LogP contribution in [0.15, 0.2) is 23.1 Å². The Kier molecular flexibility index (Phi) is 2.03. The molecule has 1 N–H and O–H groups in total. The fraction of sp³-hybridized carbons (Fsp3) is 0.222. The van der Waals surface area contributed by atoms with Crippen molar-refractivity contribution in [1.29, 1.82) is 0 Å². The average Bonchev–Trinajstić information content (AvgIpc) is 2.44. The van der Waals surface area contributed by atoms with Gasteiger partial charge in [0.15, 0.2) is 5.65 Å². The zero-order chi connectivity index (χ0) is 11.0. The minimum atomic E-state index is -1.05. The second-order valence-electron chi connectivity index (χ2n) is 3.17. The Morgan fingerprint density at radius 2 is 2.33 bits per heavy atom. The maximum atomic E-state index is 11.6. The van der Waals surface area contributed by atoms with Crippen molar-refractivity contribution in [3.05, 3.63) is 28.8 Å². The van der Waals surface area contributed by atoms with Gasteiger partial charge in [-0.1, -0.05) is 0 Å². The molecule has 0 radical (unpaired) electrons. The second kappa shape index (κ2) is 3.23. The lowest BCUT2D eigenvalue weighted by atomic mass is 10.4. The van der Waals surface area contributed by atoms with Gasteiger partial charge in [-0.15, -0.1) is 0 Å². The van der Waals surface area contributed by atoms with Crippen molar-refractivity contribution in [1.82, 2.24) is 14.1 Å². The van der Waals surface area contributed by atoms with Crippen molar-refractivity contribution in [3.63, 3.8) is 0 Å². The SMILES string of the molecule is Cn1c(=O)n(CC(=O)O)c2cccnc21. The lowest BCUT2D eigenvalue weighted by molar-refractivity contribution is -0.137. The summed E-state index contributed by atoms with van der Waals surface area (Å²) in [5.41, 5.74) is 0.655. The molecule has 0 aliphatic heterocycles. The third-order valence-corrected chi connectivity index (χ3v) is 2.19. The van der Waals surface area contributed by atoms with E-state index in [0.29, 0.717) is 11.2 Å². The molecule has 2 rings (SSSR count). The van der Waals surface area contributed by atoms with Crippen LogP contribution >= 0.6 is 0 Å². The largest absolute Gasteiger partial charge is 0.480 e. The van der Waals surface area contributed by atoms with Gasteiger partial charge in [0, 0.05) is 13.2 Å². The molecule has 0 saturated carbocycles. The van der Waals surface area contributed by atoms with E-state index in [2.05, 4.69) is 4.98 Å². The van der Waals surface area contributed by atoms with Gasteiger partial charge in [0.2, 0.25) is 0 Å². The molecule has 0 aliphatic carbocycles. The molecule has 15 heavy (non-hydrogen) atoms. The van der Waals surface area contributed by atoms with Crippen LogP contribution < -0.4 is 5.69 Å². The smallest absolute Gasteiger partial charge is 0.330 e. The molecule has 2 aromatic heterocycles. The van der Waals surface area contributed by atoms with Crippen molar-refractivity contribution in [2.75, 3.05) is 0 Å². The van der Waals surface area contributed by atoms with E-state index in [1.54, 1.807) is 25.4 Å². The van der Waals surface area contributed by atoms with Gasteiger partial charge < -0.3 is 5.11 Å². The third-order valence-electron chi connectivity index (χ3n) is 2.19. The highest BCUT2D eigenvalue weighted by Crippen LogP contribution is 2.07. The average molecular weight is 207 g/mol. The Labute approximate surface area is 84.4 Å². The number of nitrogens with zero attached hydrogens (tertiary/aromatic N) is 3. The summed E-state index contributed by atoms with van der Waals surface area (Å²) in [5, 5.41) is 8.67. The van der Waals surface area contributed by atoms with E-state index in [1.807, 2.05) is 0 Å². The van der Waals surface area contributed by atoms with Crippen LogP contribution in [0.25, 0.3) is 11.2 Å². The molecule has 0 atom stereocenters. The molecule has 2 heterocycles. The van der Waals surface area contributed by atoms with Crippen LogP contribution in [0.1, 0.15) is 0 Å². The Morgan fingerprint density at radius 1 is 1.60 bits per heavy atom. The highest BCUT2D eigenvalue weighted by molar-refractivity contribution is 5.74. The van der Waals surface area contributed by atoms with Crippen LogP contribution in [0.5, 0.6) is 0 Å². The van der Waals surface area contributed by atoms with E-state index in [9.17, 15) is 9.59 Å². The van der Waals surface area contributed by atoms with Gasteiger partial charge in [-0.25, -0.2) is 9.78 Å². The van der Waals surface area contributed by atoms with Gasteiger partial charge in [0.25, 0.3) is 0 Å². The molecule has 6 nitrogen and oxygen atoms in total. The van der Waals surface area contributed by atoms with Crippen LogP contribution in [0, 0.1) is 0 Å². The highest BCUT2D eigenvalue weighted by atomic mass is 16.4. The van der Waals surface area contributed by atoms with E-state index in [1.165, 1.54) is 9.13 Å². The molecule has 0 bridgehead atoms. The first-order valence-corrected chi connectivity index (χ1v) is 4.33. The number of carboxylic acids is 1. The second-order valence-corrected chi connectivity index (χ2v) is 3.17. The highest BCUT2D eigenvalue weighted by Gasteiger charge is 2.12. The third kappa shape index (κ3) is 1.39. The number of hydrogen-bond acceptors (Lipinski definition) is 3. The minimum Gasteiger partial charge on any atom is -0.480 e. The summed E-state index contributed by atoms with van der Waals surface area (Å²) in [6, 6.07) is 3.34. The lowest BCUT2D eigenvalue weighted by Gasteiger charge is -1.96. The van der Waals surface area contributed by atoms with Gasteiger partial charge in [0.05, 0.1) is 5.52 Å². The number of aliphatic carboxylic acids is 1. The molecule has 0 saturated heterocycles. The first-order valence-electron chi connectivity index (χ1n) is 4.33. The normalized spacial score (nSPS) is 10.7. The minimum absolute atomic E-state index is 0.345. The Balaban J connectivity index is 2.78. The number of hydrogen-bond donors (Lipinski definition) is 1. The Morgan fingerprint density at radius 3 is 3.00 bits per heavy atom. The fourth-order valence-corrected chi connectivity index (χ4v) is 1.52. The predicted octanol–water partition coefficient (Wildman–Crippen LogP) is -0.180. The monoisotopic (exact) mass is 207 g/mol. The van der Waals surface area contributed by atoms with Crippen molar-refractivity contribution in [2.45, 2.75) is 6.54 Å². The Hall–Kier alpha value is -2.11. The summed E-state index contributed by atoms with van der Waals surface area (Å²) < 4.78 is 2.52. The lowest BCUT2D eigenvalue weighted by Crippen LogP contribution is -2.25. The predicted molar refractivity (Wildman–Crippen MR) is 52.6 cm³/mol. The standard InChI is InChI=1S/C9H9N3O3/c1-11-8-6(3-2-4-10-8)12(9(11)15)5-7(13)14/h2-4H,5H2,1H3,(H,13,14). The number of imidazole rings is 1. The van der Waals surface area contributed by atoms with Crippen LogP contribution in [-0.2, 0) is 18.4 Å². The van der Waals surface area contributed by atoms with Crippen LogP contribution in [0.3, 0.4) is 0 Å². The molecule has 0 fully saturated rings. The summed E-state index contributed by atoms with van der Waals surface area (Å²) >= 11 is 0. The van der Waals surface area contributed by atoms with Gasteiger partial charge in [-0.3, -0.25) is 13.9 Å². The van der Waals surface area contributed by atoms with Crippen molar-refractivity contribution >= 4 is 17.1 Å². The topological polar surface area (TPSA) is 77.1 Å². The maximum absolute atomic E-state index is 11.6. The number of aromatic nitrogens is 3. The van der Waals surface area contributed by atoms with E-state index < -0.39 is 5.97 Å². The van der Waals surface area contributed by atoms with Crippen LogP contribution in [0.2, 0.25) is 0 Å². The van der Waals surface area contributed by atoms with E-state index in [0.717, 1.165) is 0 Å². The first-order chi connectivity index (χ1) is 7.11. The molecule has 0 aliphatic rings. The van der Waals surface area contributed by atoms with Crippen molar-refractivity contribution in [2.24, 2.45) is 7.05 Å². The fourth-order valence-electron chi connectivity index (χ4n) is 1.52. The summed E-state index contributed by atoms with van der Waals surface area (Å²) in [7, 11) is 1.57. The number of aryl methyl sites for hydroxylation is 1. The zero-order valence-electron chi connectivity index (χ0n) is 8.04. The molecular weight excluding hydrogens is 198 g/mol. The first kappa shape index (κ1) is 9.45. The van der Waals surface area contributed by atoms with Gasteiger partial charge in [-0.05, 0) is 12.1 Å². The van der Waals surface area contributed by atoms with Gasteiger partial charge in [-0.2, -0.15) is 0 Å². The maximum Gasteiger partial charge on any atom is 0.330 e. The molecule has 78 valence electrons. The summed E-state index contributed by atoms with van der Waals surface area (Å²) in [6.07, 6.45) is 1.56. The van der Waals surface area contributed by atoms with E-state index in [-0.39, 0.29) is 12.2 Å². The number of carbonyl (C=O) groups is 1. The molecular formula is C9H9N3O3. The number of rotatable bonds is 2. The van der Waals surface area contributed by atoms with Crippen molar-refractivity contribution < 1.29 is 9.90 Å². The molecule has 0 amide bonds. The Bertz CT molecular complexity index is 582. The van der Waals surface area contributed by atoms with Crippen LogP contribution in [0.4, 0.5) is 0 Å². The summed E-state index contributed by atoms with van der Waals surface area (Å²) in [4.78, 5) is 26.2. The van der Waals surface area contributed by atoms with Gasteiger partial charge in [0.1, 0.15) is 6.54 Å². The zero-order valence-corrected chi connectivity index (χ0v) is 8.04. The quantitative estimate of drug-likeness (QED) is 0.741. The molecule has 0 unspecified atom stereocenters. The summed E-state index contributed by atoms with van der Waals surface area (Å²) in [6.45, 7) is -0.345. The van der Waals surface area contributed by atoms with Crippen molar-refractivity contribution in [3.8, 4) is 0 Å². The molecule has 0 spiro atoms. The number of pyridine rings is 1. The molecule has 6 heteroatoms. The number of carboxylic acid groups (broad SMARTS) is 1. The van der Waals surface area contributed by atoms with Crippen LogP contribution in [-0.4, -0.2) is 25.2 Å². The molecule has 2 aromatic rings.